The summed E-state index contributed by atoms with van der Waals surface area (Å²) in [6.07, 6.45) is -1.56. The van der Waals surface area contributed by atoms with Gasteiger partial charge < -0.3 is 15.0 Å². The highest BCUT2D eigenvalue weighted by molar-refractivity contribution is 5.96. The average Bonchev–Trinajstić information content (AvgIpc) is 3.36. The van der Waals surface area contributed by atoms with Crippen molar-refractivity contribution in [3.8, 4) is 11.6 Å². The third kappa shape index (κ3) is 5.36. The van der Waals surface area contributed by atoms with Crippen molar-refractivity contribution in [2.75, 3.05) is 25.5 Å². The molecule has 4 heterocycles. The molecule has 0 radical (unpaired) electrons. The molecule has 0 aliphatic carbocycles. The van der Waals surface area contributed by atoms with Crippen LogP contribution >= 0.6 is 0 Å². The van der Waals surface area contributed by atoms with Gasteiger partial charge in [-0.2, -0.15) is 23.4 Å². The van der Waals surface area contributed by atoms with Gasteiger partial charge in [0.25, 0.3) is 11.8 Å². The Morgan fingerprint density at radius 2 is 1.92 bits per heavy atom. The maximum absolute atomic E-state index is 14.6. The second-order valence-corrected chi connectivity index (χ2v) is 8.39. The monoisotopic (exact) mass is 511 g/mol. The SMILES string of the molecule is COc1ccc(-n2nccn2)c(C(=O)N2CC(F)(F)C[C@@H](C)[C@H]2CNc2ccc(C(F)(F)F)cn2)n1. The minimum atomic E-state index is -4.54. The Kier molecular flexibility index (Phi) is 6.78. The predicted molar refractivity (Wildman–Crippen MR) is 117 cm³/mol. The van der Waals surface area contributed by atoms with Crippen molar-refractivity contribution in [2.24, 2.45) is 5.92 Å². The summed E-state index contributed by atoms with van der Waals surface area (Å²) in [6.45, 7) is 0.684. The number of methoxy groups -OCH3 is 1. The van der Waals surface area contributed by atoms with E-state index in [9.17, 15) is 26.7 Å². The van der Waals surface area contributed by atoms with Crippen LogP contribution in [0.3, 0.4) is 0 Å². The molecule has 1 amide bonds. The lowest BCUT2D eigenvalue weighted by Gasteiger charge is -2.43. The van der Waals surface area contributed by atoms with Crippen molar-refractivity contribution in [1.82, 2.24) is 29.9 Å². The third-order valence-electron chi connectivity index (χ3n) is 5.82. The number of piperidine rings is 1. The van der Waals surface area contributed by atoms with Gasteiger partial charge in [-0.05, 0) is 24.1 Å². The summed E-state index contributed by atoms with van der Waals surface area (Å²) in [5.41, 5.74) is -0.934. The number of halogens is 5. The fourth-order valence-electron chi connectivity index (χ4n) is 4.10. The van der Waals surface area contributed by atoms with Crippen molar-refractivity contribution in [2.45, 2.75) is 31.5 Å². The summed E-state index contributed by atoms with van der Waals surface area (Å²) < 4.78 is 72.7. The van der Waals surface area contributed by atoms with Gasteiger partial charge in [0.1, 0.15) is 11.5 Å². The van der Waals surface area contributed by atoms with Crippen LogP contribution < -0.4 is 10.1 Å². The molecular formula is C22H22F5N7O2. The van der Waals surface area contributed by atoms with Crippen molar-refractivity contribution in [1.29, 1.82) is 0 Å². The number of aromatic nitrogens is 5. The first-order valence-electron chi connectivity index (χ1n) is 10.9. The van der Waals surface area contributed by atoms with Crippen LogP contribution in [0.2, 0.25) is 0 Å². The topological polar surface area (TPSA) is 98.1 Å². The largest absolute Gasteiger partial charge is 0.481 e. The molecule has 1 aliphatic rings. The molecule has 4 rings (SSSR count). The molecule has 3 aromatic heterocycles. The van der Waals surface area contributed by atoms with Crippen LogP contribution in [0, 0.1) is 5.92 Å². The molecule has 1 saturated heterocycles. The Hall–Kier alpha value is -3.84. The number of anilines is 1. The minimum Gasteiger partial charge on any atom is -0.481 e. The molecule has 1 N–H and O–H groups in total. The number of amides is 1. The van der Waals surface area contributed by atoms with E-state index < -0.39 is 48.5 Å². The lowest BCUT2D eigenvalue weighted by Crippen LogP contribution is -2.57. The first kappa shape index (κ1) is 25.3. The van der Waals surface area contributed by atoms with Gasteiger partial charge in [-0.3, -0.25) is 4.79 Å². The van der Waals surface area contributed by atoms with E-state index in [-0.39, 0.29) is 29.6 Å². The number of ether oxygens (including phenoxy) is 1. The maximum Gasteiger partial charge on any atom is 0.417 e. The van der Waals surface area contributed by atoms with Gasteiger partial charge in [-0.1, -0.05) is 6.92 Å². The third-order valence-corrected chi connectivity index (χ3v) is 5.82. The first-order chi connectivity index (χ1) is 17.0. The summed E-state index contributed by atoms with van der Waals surface area (Å²) in [6, 6.07) is 4.23. The number of nitrogens with one attached hydrogen (secondary N) is 1. The molecule has 1 aliphatic heterocycles. The smallest absolute Gasteiger partial charge is 0.417 e. The summed E-state index contributed by atoms with van der Waals surface area (Å²) in [5, 5.41) is 10.9. The van der Waals surface area contributed by atoms with E-state index in [2.05, 4.69) is 25.5 Å². The Morgan fingerprint density at radius 3 is 2.53 bits per heavy atom. The molecule has 0 spiro atoms. The predicted octanol–water partition coefficient (Wildman–Crippen LogP) is 3.68. The maximum atomic E-state index is 14.6. The van der Waals surface area contributed by atoms with Crippen LogP contribution in [0.15, 0.2) is 42.9 Å². The Balaban J connectivity index is 1.63. The number of hydrogen-bond donors (Lipinski definition) is 1. The van der Waals surface area contributed by atoms with E-state index in [1.54, 1.807) is 6.92 Å². The first-order valence-corrected chi connectivity index (χ1v) is 10.9. The van der Waals surface area contributed by atoms with Crippen LogP contribution in [0.1, 0.15) is 29.4 Å². The molecule has 0 bridgehead atoms. The summed E-state index contributed by atoms with van der Waals surface area (Å²) >= 11 is 0. The fraction of sp³-hybridized carbons (Fsp3) is 0.409. The van der Waals surface area contributed by atoms with Crippen molar-refractivity contribution >= 4 is 11.7 Å². The molecule has 1 fully saturated rings. The molecular weight excluding hydrogens is 489 g/mol. The van der Waals surface area contributed by atoms with E-state index >= 15 is 0 Å². The fourth-order valence-corrected chi connectivity index (χ4v) is 4.10. The molecule has 9 nitrogen and oxygen atoms in total. The van der Waals surface area contributed by atoms with Gasteiger partial charge in [0.05, 0.1) is 37.7 Å². The zero-order chi connectivity index (χ0) is 26.1. The normalized spacial score (nSPS) is 19.7. The molecule has 2 atom stereocenters. The minimum absolute atomic E-state index is 0.0271. The van der Waals surface area contributed by atoms with Gasteiger partial charge in [0.15, 0.2) is 5.69 Å². The quantitative estimate of drug-likeness (QED) is 0.504. The van der Waals surface area contributed by atoms with Crippen LogP contribution in [0.25, 0.3) is 5.69 Å². The molecule has 3 aromatic rings. The summed E-state index contributed by atoms with van der Waals surface area (Å²) in [7, 11) is 1.35. The van der Waals surface area contributed by atoms with Gasteiger partial charge in [-0.15, -0.1) is 4.80 Å². The van der Waals surface area contributed by atoms with Gasteiger partial charge >= 0.3 is 6.18 Å². The second kappa shape index (κ2) is 9.66. The lowest BCUT2D eigenvalue weighted by atomic mass is 9.88. The van der Waals surface area contributed by atoms with Crippen LogP contribution in [0.4, 0.5) is 27.8 Å². The Morgan fingerprint density at radius 1 is 1.19 bits per heavy atom. The van der Waals surface area contributed by atoms with Crippen molar-refractivity contribution in [3.63, 3.8) is 0 Å². The van der Waals surface area contributed by atoms with Gasteiger partial charge in [0, 0.05) is 25.2 Å². The summed E-state index contributed by atoms with van der Waals surface area (Å²) in [4.78, 5) is 23.7. The van der Waals surface area contributed by atoms with Crippen LogP contribution in [0.5, 0.6) is 5.88 Å². The van der Waals surface area contributed by atoms with Crippen LogP contribution in [-0.2, 0) is 6.18 Å². The zero-order valence-electron chi connectivity index (χ0n) is 19.2. The highest BCUT2D eigenvalue weighted by Crippen LogP contribution is 2.36. The standard InChI is InChI=1S/C22H22F5N7O2/c1-13-9-21(23,24)12-33(16(13)11-29-17-5-3-14(10-28-17)22(25,26)27)20(35)19-15(34-30-7-8-31-34)4-6-18(32-19)36-2/h3-8,10,13,16H,9,11-12H2,1-2H3,(H,28,29)/t13-,16-/m1/s1. The van der Waals surface area contributed by atoms with Gasteiger partial charge in [-0.25, -0.2) is 18.7 Å². The number of rotatable bonds is 6. The number of pyridine rings is 2. The number of alkyl halides is 5. The van der Waals surface area contributed by atoms with Crippen molar-refractivity contribution in [3.05, 3.63) is 54.1 Å². The molecule has 36 heavy (non-hydrogen) atoms. The molecule has 0 unspecified atom stereocenters. The summed E-state index contributed by atoms with van der Waals surface area (Å²) in [5.74, 6) is -4.40. The van der Waals surface area contributed by atoms with E-state index in [1.807, 2.05) is 0 Å². The number of carbonyl (C=O) groups is 1. The Bertz CT molecular complexity index is 1200. The highest BCUT2D eigenvalue weighted by atomic mass is 19.4. The van der Waals surface area contributed by atoms with E-state index in [1.165, 1.54) is 31.6 Å². The van der Waals surface area contributed by atoms with Gasteiger partial charge in [0.2, 0.25) is 5.88 Å². The lowest BCUT2D eigenvalue weighted by molar-refractivity contribution is -0.137. The zero-order valence-corrected chi connectivity index (χ0v) is 19.2. The van der Waals surface area contributed by atoms with E-state index in [0.717, 1.165) is 21.8 Å². The molecule has 0 saturated carbocycles. The number of hydrogen-bond acceptors (Lipinski definition) is 7. The molecule has 192 valence electrons. The number of nitrogens with zero attached hydrogens (tertiary/aromatic N) is 6. The van der Waals surface area contributed by atoms with E-state index in [0.29, 0.717) is 6.20 Å². The number of likely N-dealkylation sites (tertiary alicyclic amines) is 1. The molecule has 14 heteroatoms. The Labute approximate surface area is 202 Å². The van der Waals surface area contributed by atoms with Crippen LogP contribution in [-0.4, -0.2) is 67.9 Å². The van der Waals surface area contributed by atoms with Crippen molar-refractivity contribution < 1.29 is 31.5 Å². The highest BCUT2D eigenvalue weighted by Gasteiger charge is 2.46. The van der Waals surface area contributed by atoms with E-state index in [4.69, 9.17) is 4.74 Å². The number of carbonyl (C=O) groups excluding carboxylic acids is 1. The second-order valence-electron chi connectivity index (χ2n) is 8.39. The average molecular weight is 511 g/mol. The molecule has 0 aromatic carbocycles.